The van der Waals surface area contributed by atoms with Crippen LogP contribution in [-0.4, -0.2) is 27.4 Å². The molecule has 0 aliphatic rings. The van der Waals surface area contributed by atoms with Crippen molar-refractivity contribution < 1.29 is 9.90 Å². The van der Waals surface area contributed by atoms with E-state index in [0.29, 0.717) is 10.7 Å². The van der Waals surface area contributed by atoms with E-state index >= 15 is 0 Å². The Labute approximate surface area is 134 Å². The minimum Gasteiger partial charge on any atom is -0.394 e. The Morgan fingerprint density at radius 3 is 2.50 bits per heavy atom. The second-order valence-electron chi connectivity index (χ2n) is 5.49. The molecule has 0 radical (unpaired) electrons. The van der Waals surface area contributed by atoms with Crippen LogP contribution in [0.5, 0.6) is 0 Å². The highest BCUT2D eigenvalue weighted by molar-refractivity contribution is 6.30. The molecule has 0 aliphatic heterocycles. The van der Waals surface area contributed by atoms with Gasteiger partial charge < -0.3 is 10.4 Å². The van der Waals surface area contributed by atoms with Gasteiger partial charge in [0.05, 0.1) is 18.3 Å². The molecule has 2 aromatic rings. The van der Waals surface area contributed by atoms with Gasteiger partial charge in [0.15, 0.2) is 0 Å². The average Bonchev–Trinajstić information content (AvgIpc) is 2.88. The van der Waals surface area contributed by atoms with E-state index in [0.717, 1.165) is 11.3 Å². The predicted octanol–water partition coefficient (Wildman–Crippen LogP) is 2.66. The molecule has 2 N–H and O–H groups in total. The van der Waals surface area contributed by atoms with E-state index in [1.54, 1.807) is 42.1 Å². The first-order valence-corrected chi connectivity index (χ1v) is 7.51. The average molecular weight is 322 g/mol. The number of aliphatic hydroxyl groups excluding tert-OH is 1. The molecule has 1 heterocycles. The maximum absolute atomic E-state index is 12.4. The Balaban J connectivity index is 2.17. The SMILES string of the molecule is CC(C)c1cc(C(=O)NC(CO)c2ccc(Cl)cc2)n(C)n1. The van der Waals surface area contributed by atoms with Crippen LogP contribution in [0.25, 0.3) is 0 Å². The first-order chi connectivity index (χ1) is 10.4. The zero-order chi connectivity index (χ0) is 16.3. The minimum atomic E-state index is -0.484. The number of aliphatic hydroxyl groups is 1. The quantitative estimate of drug-likeness (QED) is 0.889. The lowest BCUT2D eigenvalue weighted by atomic mass is 10.1. The van der Waals surface area contributed by atoms with Crippen molar-refractivity contribution in [3.05, 3.63) is 52.3 Å². The third-order valence-electron chi connectivity index (χ3n) is 3.48. The molecule has 0 saturated heterocycles. The van der Waals surface area contributed by atoms with Gasteiger partial charge in [-0.25, -0.2) is 0 Å². The Kier molecular flexibility index (Phi) is 5.21. The number of benzene rings is 1. The van der Waals surface area contributed by atoms with Crippen LogP contribution >= 0.6 is 11.6 Å². The summed E-state index contributed by atoms with van der Waals surface area (Å²) in [5, 5.41) is 17.3. The van der Waals surface area contributed by atoms with E-state index < -0.39 is 6.04 Å². The second kappa shape index (κ2) is 6.94. The number of amides is 1. The van der Waals surface area contributed by atoms with E-state index in [4.69, 9.17) is 11.6 Å². The van der Waals surface area contributed by atoms with Crippen LogP contribution in [0.2, 0.25) is 5.02 Å². The molecule has 118 valence electrons. The topological polar surface area (TPSA) is 67.2 Å². The number of aromatic nitrogens is 2. The van der Waals surface area contributed by atoms with Crippen LogP contribution in [0.4, 0.5) is 0 Å². The molecule has 0 spiro atoms. The molecule has 0 saturated carbocycles. The minimum absolute atomic E-state index is 0.192. The molecule has 5 nitrogen and oxygen atoms in total. The normalized spacial score (nSPS) is 12.5. The summed E-state index contributed by atoms with van der Waals surface area (Å²) in [6.45, 7) is 3.85. The molecule has 0 bridgehead atoms. The first kappa shape index (κ1) is 16.5. The van der Waals surface area contributed by atoms with E-state index in [9.17, 15) is 9.90 Å². The van der Waals surface area contributed by atoms with Crippen LogP contribution in [0.1, 0.15) is 47.6 Å². The molecule has 22 heavy (non-hydrogen) atoms. The number of aryl methyl sites for hydroxylation is 1. The Morgan fingerprint density at radius 1 is 1.36 bits per heavy atom. The molecule has 1 amide bonds. The van der Waals surface area contributed by atoms with Gasteiger partial charge in [0.25, 0.3) is 5.91 Å². The van der Waals surface area contributed by atoms with Crippen LogP contribution in [-0.2, 0) is 7.05 Å². The number of nitrogens with zero attached hydrogens (tertiary/aromatic N) is 2. The third-order valence-corrected chi connectivity index (χ3v) is 3.74. The van der Waals surface area contributed by atoms with Gasteiger partial charge in [0, 0.05) is 12.1 Å². The highest BCUT2D eigenvalue weighted by Gasteiger charge is 2.19. The summed E-state index contributed by atoms with van der Waals surface area (Å²) in [7, 11) is 1.73. The van der Waals surface area contributed by atoms with E-state index in [1.807, 2.05) is 13.8 Å². The monoisotopic (exact) mass is 321 g/mol. The number of carbonyl (C=O) groups is 1. The largest absolute Gasteiger partial charge is 0.394 e. The maximum Gasteiger partial charge on any atom is 0.270 e. The summed E-state index contributed by atoms with van der Waals surface area (Å²) in [6.07, 6.45) is 0. The zero-order valence-corrected chi connectivity index (χ0v) is 13.6. The van der Waals surface area contributed by atoms with Gasteiger partial charge in [-0.05, 0) is 29.7 Å². The van der Waals surface area contributed by atoms with Crippen molar-refractivity contribution in [3.63, 3.8) is 0 Å². The number of hydrogen-bond donors (Lipinski definition) is 2. The van der Waals surface area contributed by atoms with Crippen molar-refractivity contribution in [1.82, 2.24) is 15.1 Å². The van der Waals surface area contributed by atoms with Crippen LogP contribution in [0.15, 0.2) is 30.3 Å². The van der Waals surface area contributed by atoms with Crippen LogP contribution < -0.4 is 5.32 Å². The first-order valence-electron chi connectivity index (χ1n) is 7.13. The van der Waals surface area contributed by atoms with Gasteiger partial charge in [-0.2, -0.15) is 5.10 Å². The van der Waals surface area contributed by atoms with Gasteiger partial charge in [-0.1, -0.05) is 37.6 Å². The molecule has 1 aromatic carbocycles. The lowest BCUT2D eigenvalue weighted by molar-refractivity contribution is 0.0906. The van der Waals surface area contributed by atoms with Gasteiger partial charge in [-0.15, -0.1) is 0 Å². The number of hydrogen-bond acceptors (Lipinski definition) is 3. The summed E-state index contributed by atoms with van der Waals surface area (Å²) in [6, 6.07) is 8.32. The van der Waals surface area contributed by atoms with Gasteiger partial charge in [0.2, 0.25) is 0 Å². The Morgan fingerprint density at radius 2 is 2.00 bits per heavy atom. The molecule has 6 heteroatoms. The molecular weight excluding hydrogens is 302 g/mol. The molecule has 0 fully saturated rings. The maximum atomic E-state index is 12.4. The summed E-state index contributed by atoms with van der Waals surface area (Å²) < 4.78 is 1.56. The third kappa shape index (κ3) is 3.67. The number of rotatable bonds is 5. The predicted molar refractivity (Wildman–Crippen MR) is 86.0 cm³/mol. The number of halogens is 1. The fraction of sp³-hybridized carbons (Fsp3) is 0.375. The summed E-state index contributed by atoms with van der Waals surface area (Å²) in [4.78, 5) is 12.4. The summed E-state index contributed by atoms with van der Waals surface area (Å²) in [5.74, 6) is -0.0199. The smallest absolute Gasteiger partial charge is 0.270 e. The van der Waals surface area contributed by atoms with Crippen molar-refractivity contribution in [2.24, 2.45) is 7.05 Å². The molecular formula is C16H20ClN3O2. The van der Waals surface area contributed by atoms with Crippen molar-refractivity contribution in [1.29, 1.82) is 0 Å². The molecule has 2 rings (SSSR count). The fourth-order valence-corrected chi connectivity index (χ4v) is 2.27. The van der Waals surface area contributed by atoms with Crippen LogP contribution in [0, 0.1) is 0 Å². The van der Waals surface area contributed by atoms with Crippen LogP contribution in [0.3, 0.4) is 0 Å². The zero-order valence-electron chi connectivity index (χ0n) is 12.9. The molecule has 1 aromatic heterocycles. The molecule has 0 aliphatic carbocycles. The second-order valence-corrected chi connectivity index (χ2v) is 5.93. The molecule has 1 unspecified atom stereocenters. The van der Waals surface area contributed by atoms with Crippen molar-refractivity contribution >= 4 is 17.5 Å². The molecule has 1 atom stereocenters. The Bertz CT molecular complexity index is 650. The highest BCUT2D eigenvalue weighted by atomic mass is 35.5. The lowest BCUT2D eigenvalue weighted by Crippen LogP contribution is -2.32. The standard InChI is InChI=1S/C16H20ClN3O2/c1-10(2)13-8-15(20(3)19-13)16(22)18-14(9-21)11-4-6-12(17)7-5-11/h4-8,10,14,21H,9H2,1-3H3,(H,18,22). The number of carbonyl (C=O) groups excluding carboxylic acids is 1. The summed E-state index contributed by atoms with van der Waals surface area (Å²) >= 11 is 5.85. The number of nitrogens with one attached hydrogen (secondary N) is 1. The van der Waals surface area contributed by atoms with E-state index in [-0.39, 0.29) is 18.4 Å². The Hall–Kier alpha value is -1.85. The highest BCUT2D eigenvalue weighted by Crippen LogP contribution is 2.18. The van der Waals surface area contributed by atoms with Crippen molar-refractivity contribution in [2.75, 3.05) is 6.61 Å². The summed E-state index contributed by atoms with van der Waals surface area (Å²) in [5.41, 5.74) is 2.13. The van der Waals surface area contributed by atoms with Gasteiger partial charge in [-0.3, -0.25) is 9.48 Å². The van der Waals surface area contributed by atoms with Crippen molar-refractivity contribution in [2.45, 2.75) is 25.8 Å². The van der Waals surface area contributed by atoms with E-state index in [1.165, 1.54) is 0 Å². The fourth-order valence-electron chi connectivity index (χ4n) is 2.15. The van der Waals surface area contributed by atoms with Crippen molar-refractivity contribution in [3.8, 4) is 0 Å². The van der Waals surface area contributed by atoms with Gasteiger partial charge >= 0.3 is 0 Å². The lowest BCUT2D eigenvalue weighted by Gasteiger charge is -2.16. The van der Waals surface area contributed by atoms with E-state index in [2.05, 4.69) is 10.4 Å². The van der Waals surface area contributed by atoms with Gasteiger partial charge in [0.1, 0.15) is 5.69 Å².